The maximum Gasteiger partial charge on any atom is 0.216 e. The van der Waals surface area contributed by atoms with Gasteiger partial charge >= 0.3 is 0 Å². The first-order valence-electron chi connectivity index (χ1n) is 5.98. The first-order valence-corrected chi connectivity index (χ1v) is 6.79. The van der Waals surface area contributed by atoms with Crippen LogP contribution in [0.25, 0.3) is 10.2 Å². The summed E-state index contributed by atoms with van der Waals surface area (Å²) in [5, 5.41) is 3.82. The van der Waals surface area contributed by atoms with E-state index in [9.17, 15) is 4.79 Å². The zero-order valence-corrected chi connectivity index (χ0v) is 11.5. The Morgan fingerprint density at radius 2 is 2.22 bits per heavy atom. The molecule has 0 aliphatic heterocycles. The molecular weight excluding hydrogens is 246 g/mol. The van der Waals surface area contributed by atoms with Crippen molar-refractivity contribution in [1.82, 2.24) is 10.3 Å². The molecule has 0 bridgehead atoms. The number of benzene rings is 1. The standard InChI is InChI=1S/C13H17N3OS/c1-10(17)14-8-5-9-16(2)13-15-11-6-3-4-7-12(11)18-13/h3-4,6-7H,5,8-9H2,1-2H3,(H,14,17). The summed E-state index contributed by atoms with van der Waals surface area (Å²) in [6, 6.07) is 8.14. The highest BCUT2D eigenvalue weighted by molar-refractivity contribution is 7.22. The first-order chi connectivity index (χ1) is 8.66. The molecule has 1 amide bonds. The average Bonchev–Trinajstić information content (AvgIpc) is 2.78. The molecule has 2 rings (SSSR count). The molecule has 0 radical (unpaired) electrons. The molecule has 5 heteroatoms. The number of carbonyl (C=O) groups is 1. The first kappa shape index (κ1) is 12.8. The van der Waals surface area contributed by atoms with Gasteiger partial charge in [0.25, 0.3) is 0 Å². The molecule has 2 aromatic rings. The fourth-order valence-corrected chi connectivity index (χ4v) is 2.65. The number of fused-ring (bicyclic) bond motifs is 1. The van der Waals surface area contributed by atoms with E-state index in [0.29, 0.717) is 6.54 Å². The van der Waals surface area contributed by atoms with Gasteiger partial charge in [-0.2, -0.15) is 0 Å². The molecule has 0 unspecified atom stereocenters. The number of nitrogens with one attached hydrogen (secondary N) is 1. The minimum absolute atomic E-state index is 0.0256. The van der Waals surface area contributed by atoms with Gasteiger partial charge in [-0.05, 0) is 18.6 Å². The van der Waals surface area contributed by atoms with Crippen LogP contribution >= 0.6 is 11.3 Å². The zero-order valence-electron chi connectivity index (χ0n) is 10.6. The molecule has 0 saturated carbocycles. The fourth-order valence-electron chi connectivity index (χ4n) is 1.70. The molecule has 1 aromatic carbocycles. The van der Waals surface area contributed by atoms with Crippen LogP contribution < -0.4 is 10.2 Å². The second-order valence-electron chi connectivity index (χ2n) is 4.22. The van der Waals surface area contributed by atoms with Crippen LogP contribution in [0.3, 0.4) is 0 Å². The fraction of sp³-hybridized carbons (Fsp3) is 0.385. The molecule has 4 nitrogen and oxygen atoms in total. The van der Waals surface area contributed by atoms with Gasteiger partial charge < -0.3 is 10.2 Å². The van der Waals surface area contributed by atoms with E-state index in [-0.39, 0.29) is 5.91 Å². The maximum absolute atomic E-state index is 10.7. The van der Waals surface area contributed by atoms with E-state index >= 15 is 0 Å². The third kappa shape index (κ3) is 3.20. The highest BCUT2D eigenvalue weighted by atomic mass is 32.1. The van der Waals surface area contributed by atoms with E-state index < -0.39 is 0 Å². The van der Waals surface area contributed by atoms with E-state index in [1.165, 1.54) is 11.6 Å². The lowest BCUT2D eigenvalue weighted by Crippen LogP contribution is -2.26. The summed E-state index contributed by atoms with van der Waals surface area (Å²) in [5.41, 5.74) is 1.05. The maximum atomic E-state index is 10.7. The van der Waals surface area contributed by atoms with Crippen molar-refractivity contribution in [2.75, 3.05) is 25.0 Å². The van der Waals surface area contributed by atoms with E-state index in [4.69, 9.17) is 0 Å². The lowest BCUT2D eigenvalue weighted by molar-refractivity contribution is -0.118. The second-order valence-corrected chi connectivity index (χ2v) is 5.23. The number of aromatic nitrogens is 1. The molecule has 0 atom stereocenters. The Kier molecular flexibility index (Phi) is 4.15. The predicted octanol–water partition coefficient (Wildman–Crippen LogP) is 2.26. The van der Waals surface area contributed by atoms with Crippen molar-refractivity contribution in [3.05, 3.63) is 24.3 Å². The highest BCUT2D eigenvalue weighted by Gasteiger charge is 2.07. The topological polar surface area (TPSA) is 45.2 Å². The minimum Gasteiger partial charge on any atom is -0.356 e. The molecule has 0 saturated heterocycles. The highest BCUT2D eigenvalue weighted by Crippen LogP contribution is 2.27. The van der Waals surface area contributed by atoms with Crippen LogP contribution in [0.1, 0.15) is 13.3 Å². The summed E-state index contributed by atoms with van der Waals surface area (Å²) in [4.78, 5) is 17.5. The zero-order chi connectivity index (χ0) is 13.0. The van der Waals surface area contributed by atoms with Gasteiger partial charge in [0.15, 0.2) is 5.13 Å². The van der Waals surface area contributed by atoms with Gasteiger partial charge in [-0.1, -0.05) is 23.5 Å². The van der Waals surface area contributed by atoms with Gasteiger partial charge in [-0.25, -0.2) is 4.98 Å². The molecule has 1 aromatic heterocycles. The van der Waals surface area contributed by atoms with E-state index in [1.54, 1.807) is 11.3 Å². The summed E-state index contributed by atoms with van der Waals surface area (Å²) in [6.45, 7) is 3.14. The van der Waals surface area contributed by atoms with Gasteiger partial charge in [0.05, 0.1) is 10.2 Å². The summed E-state index contributed by atoms with van der Waals surface area (Å²) in [7, 11) is 2.03. The normalized spacial score (nSPS) is 10.6. The number of amides is 1. The lowest BCUT2D eigenvalue weighted by Gasteiger charge is -2.15. The summed E-state index contributed by atoms with van der Waals surface area (Å²) in [5.74, 6) is 0.0256. The Balaban J connectivity index is 1.92. The molecule has 0 fully saturated rings. The van der Waals surface area contributed by atoms with Crippen molar-refractivity contribution in [1.29, 1.82) is 0 Å². The van der Waals surface area contributed by atoms with Gasteiger partial charge in [-0.15, -0.1) is 0 Å². The van der Waals surface area contributed by atoms with Crippen LogP contribution in [0.5, 0.6) is 0 Å². The number of hydrogen-bond donors (Lipinski definition) is 1. The monoisotopic (exact) mass is 263 g/mol. The van der Waals surface area contributed by atoms with Crippen LogP contribution in [0.2, 0.25) is 0 Å². The van der Waals surface area contributed by atoms with Gasteiger partial charge in [0, 0.05) is 27.1 Å². The Bertz CT molecular complexity index is 505. The number of thiazole rings is 1. The Morgan fingerprint density at radius 3 is 2.94 bits per heavy atom. The number of carbonyl (C=O) groups excluding carboxylic acids is 1. The number of hydrogen-bond acceptors (Lipinski definition) is 4. The number of nitrogens with zero attached hydrogens (tertiary/aromatic N) is 2. The quantitative estimate of drug-likeness (QED) is 0.842. The lowest BCUT2D eigenvalue weighted by atomic mass is 10.3. The molecule has 18 heavy (non-hydrogen) atoms. The summed E-state index contributed by atoms with van der Waals surface area (Å²) < 4.78 is 1.21. The SMILES string of the molecule is CC(=O)NCCCN(C)c1nc2ccccc2s1. The number of anilines is 1. The minimum atomic E-state index is 0.0256. The van der Waals surface area contributed by atoms with Crippen molar-refractivity contribution in [2.24, 2.45) is 0 Å². The Hall–Kier alpha value is -1.62. The van der Waals surface area contributed by atoms with Crippen molar-refractivity contribution in [3.63, 3.8) is 0 Å². The molecule has 96 valence electrons. The van der Waals surface area contributed by atoms with Crippen LogP contribution in [-0.2, 0) is 4.79 Å². The van der Waals surface area contributed by atoms with Gasteiger partial charge in [0.1, 0.15) is 0 Å². The summed E-state index contributed by atoms with van der Waals surface area (Å²) in [6.07, 6.45) is 0.923. The van der Waals surface area contributed by atoms with Gasteiger partial charge in [0.2, 0.25) is 5.91 Å². The molecular formula is C13H17N3OS. The molecule has 1 heterocycles. The average molecular weight is 263 g/mol. The van der Waals surface area contributed by atoms with Crippen molar-refractivity contribution >= 4 is 32.6 Å². The molecule has 1 N–H and O–H groups in total. The predicted molar refractivity (Wildman–Crippen MR) is 76.2 cm³/mol. The van der Waals surface area contributed by atoms with Crippen molar-refractivity contribution in [2.45, 2.75) is 13.3 Å². The Labute approximate surface area is 111 Å². The Morgan fingerprint density at radius 1 is 1.44 bits per heavy atom. The molecule has 0 aliphatic rings. The van der Waals surface area contributed by atoms with Crippen LogP contribution in [0, 0.1) is 0 Å². The molecule has 0 aliphatic carbocycles. The van der Waals surface area contributed by atoms with Crippen LogP contribution in [-0.4, -0.2) is 31.0 Å². The van der Waals surface area contributed by atoms with Crippen LogP contribution in [0.15, 0.2) is 24.3 Å². The third-order valence-electron chi connectivity index (χ3n) is 2.65. The van der Waals surface area contributed by atoms with E-state index in [0.717, 1.165) is 23.6 Å². The largest absolute Gasteiger partial charge is 0.356 e. The van der Waals surface area contributed by atoms with E-state index in [1.807, 2.05) is 25.2 Å². The third-order valence-corrected chi connectivity index (χ3v) is 3.80. The van der Waals surface area contributed by atoms with Crippen LogP contribution in [0.4, 0.5) is 5.13 Å². The van der Waals surface area contributed by atoms with E-state index in [2.05, 4.69) is 21.3 Å². The van der Waals surface area contributed by atoms with Crippen molar-refractivity contribution < 1.29 is 4.79 Å². The molecule has 0 spiro atoms. The summed E-state index contributed by atoms with van der Waals surface area (Å²) >= 11 is 1.70. The second kappa shape index (κ2) is 5.82. The number of para-hydroxylation sites is 1. The van der Waals surface area contributed by atoms with Gasteiger partial charge in [-0.3, -0.25) is 4.79 Å². The smallest absolute Gasteiger partial charge is 0.216 e. The number of rotatable bonds is 5. The van der Waals surface area contributed by atoms with Crippen molar-refractivity contribution in [3.8, 4) is 0 Å².